The number of amides is 2. The number of anilines is 1. The lowest BCUT2D eigenvalue weighted by atomic mass is 10.1. The number of nitrogens with one attached hydrogen (secondary N) is 2. The smallest absolute Gasteiger partial charge is 0.341 e. The van der Waals surface area contributed by atoms with Crippen LogP contribution < -0.4 is 20.1 Å². The Morgan fingerprint density at radius 2 is 1.66 bits per heavy atom. The van der Waals surface area contributed by atoms with Crippen LogP contribution in [-0.2, 0) is 4.74 Å². The van der Waals surface area contributed by atoms with Gasteiger partial charge in [-0.05, 0) is 44.5 Å². The van der Waals surface area contributed by atoms with Gasteiger partial charge in [-0.2, -0.15) is 0 Å². The van der Waals surface area contributed by atoms with Gasteiger partial charge in [-0.3, -0.25) is 9.59 Å². The average Bonchev–Trinajstić information content (AvgIpc) is 3.02. The maximum Gasteiger partial charge on any atom is 0.341 e. The van der Waals surface area contributed by atoms with Gasteiger partial charge in [0.15, 0.2) is 11.5 Å². The van der Waals surface area contributed by atoms with Crippen LogP contribution in [0.25, 0.3) is 0 Å². The Balaban J connectivity index is 2.42. The summed E-state index contributed by atoms with van der Waals surface area (Å²) in [6.07, 6.45) is 0. The Bertz CT molecular complexity index is 935. The lowest BCUT2D eigenvalue weighted by Crippen LogP contribution is -2.29. The molecule has 2 aromatic rings. The number of hydrogen-bond acceptors (Lipinski definition) is 7. The van der Waals surface area contributed by atoms with Crippen molar-refractivity contribution in [1.82, 2.24) is 5.32 Å². The molecular formula is C20H24N2O6S. The molecule has 1 aromatic heterocycles. The summed E-state index contributed by atoms with van der Waals surface area (Å²) in [6.45, 7) is 5.31. The fraction of sp³-hybridized carbons (Fsp3) is 0.350. The van der Waals surface area contributed by atoms with Gasteiger partial charge in [0.25, 0.3) is 11.8 Å². The van der Waals surface area contributed by atoms with E-state index in [0.717, 1.165) is 11.3 Å². The van der Waals surface area contributed by atoms with Crippen LogP contribution in [0, 0.1) is 6.92 Å². The molecule has 1 aromatic carbocycles. The van der Waals surface area contributed by atoms with Crippen LogP contribution in [0.4, 0.5) is 5.00 Å². The molecule has 0 unspecified atom stereocenters. The van der Waals surface area contributed by atoms with E-state index < -0.39 is 11.9 Å². The zero-order chi connectivity index (χ0) is 21.7. The van der Waals surface area contributed by atoms with Gasteiger partial charge >= 0.3 is 5.97 Å². The topological polar surface area (TPSA) is 103 Å². The van der Waals surface area contributed by atoms with Gasteiger partial charge in [0.1, 0.15) is 5.00 Å². The zero-order valence-corrected chi connectivity index (χ0v) is 18.0. The lowest BCUT2D eigenvalue weighted by molar-refractivity contribution is 0.0601. The van der Waals surface area contributed by atoms with E-state index in [1.165, 1.54) is 27.4 Å². The first-order chi connectivity index (χ1) is 13.7. The Hall–Kier alpha value is -3.07. The molecular weight excluding hydrogens is 396 g/mol. The van der Waals surface area contributed by atoms with Crippen molar-refractivity contribution >= 4 is 34.1 Å². The van der Waals surface area contributed by atoms with Crippen molar-refractivity contribution < 1.29 is 28.6 Å². The van der Waals surface area contributed by atoms with Crippen LogP contribution in [-0.4, -0.2) is 45.2 Å². The van der Waals surface area contributed by atoms with E-state index in [4.69, 9.17) is 14.2 Å². The average molecular weight is 420 g/mol. The number of ether oxygens (including phenoxy) is 3. The second kappa shape index (κ2) is 9.42. The summed E-state index contributed by atoms with van der Waals surface area (Å²) in [5.74, 6) is -0.538. The summed E-state index contributed by atoms with van der Waals surface area (Å²) in [7, 11) is 4.21. The Morgan fingerprint density at radius 3 is 2.21 bits per heavy atom. The van der Waals surface area contributed by atoms with Gasteiger partial charge in [-0.1, -0.05) is 0 Å². The number of carbonyl (C=O) groups is 3. The van der Waals surface area contributed by atoms with Crippen molar-refractivity contribution in [2.45, 2.75) is 26.8 Å². The van der Waals surface area contributed by atoms with E-state index >= 15 is 0 Å². The van der Waals surface area contributed by atoms with E-state index in [-0.39, 0.29) is 22.5 Å². The third kappa shape index (κ3) is 4.86. The van der Waals surface area contributed by atoms with Crippen LogP contribution in [0.15, 0.2) is 18.2 Å². The fourth-order valence-electron chi connectivity index (χ4n) is 2.65. The number of thiophene rings is 1. The van der Waals surface area contributed by atoms with Crippen molar-refractivity contribution in [3.8, 4) is 11.5 Å². The second-order valence-corrected chi connectivity index (χ2v) is 7.42. The number of rotatable bonds is 7. The molecule has 0 saturated carbocycles. The monoisotopic (exact) mass is 420 g/mol. The van der Waals surface area contributed by atoms with Gasteiger partial charge in [0.05, 0.1) is 31.8 Å². The second-order valence-electron chi connectivity index (χ2n) is 6.40. The predicted octanol–water partition coefficient (Wildman–Crippen LogP) is 3.25. The molecule has 0 radical (unpaired) electrons. The van der Waals surface area contributed by atoms with Crippen molar-refractivity contribution in [1.29, 1.82) is 0 Å². The molecule has 2 rings (SSSR count). The Labute approximate surface area is 173 Å². The van der Waals surface area contributed by atoms with E-state index in [1.807, 2.05) is 13.8 Å². The molecule has 0 bridgehead atoms. The number of benzene rings is 1. The Kier molecular flexibility index (Phi) is 7.22. The highest BCUT2D eigenvalue weighted by atomic mass is 32.1. The minimum atomic E-state index is -0.634. The van der Waals surface area contributed by atoms with Gasteiger partial charge in [-0.15, -0.1) is 11.3 Å². The standard InChI is InChI=1S/C20H24N2O6S/c1-10(2)21-18(24)16-11(3)15(20(25)28-6)19(29-16)22-17(23)12-7-8-13(26-4)14(9-12)27-5/h7-10H,1-6H3,(H,21,24)(H,22,23). The third-order valence-electron chi connectivity index (χ3n) is 4.04. The highest BCUT2D eigenvalue weighted by Crippen LogP contribution is 2.35. The number of carbonyl (C=O) groups excluding carboxylic acids is 3. The fourth-order valence-corrected chi connectivity index (χ4v) is 3.74. The highest BCUT2D eigenvalue weighted by Gasteiger charge is 2.27. The molecule has 2 amide bonds. The normalized spacial score (nSPS) is 10.4. The zero-order valence-electron chi connectivity index (χ0n) is 17.2. The van der Waals surface area contributed by atoms with Gasteiger partial charge < -0.3 is 24.8 Å². The van der Waals surface area contributed by atoms with Crippen LogP contribution in [0.3, 0.4) is 0 Å². The third-order valence-corrected chi connectivity index (χ3v) is 5.24. The number of hydrogen-bond donors (Lipinski definition) is 2. The van der Waals surface area contributed by atoms with Crippen molar-refractivity contribution in [2.75, 3.05) is 26.6 Å². The maximum absolute atomic E-state index is 12.8. The molecule has 0 fully saturated rings. The number of esters is 1. The van der Waals surface area contributed by atoms with Gasteiger partial charge in [-0.25, -0.2) is 4.79 Å². The molecule has 0 aliphatic rings. The van der Waals surface area contributed by atoms with Gasteiger partial charge in [0, 0.05) is 11.6 Å². The molecule has 0 aliphatic carbocycles. The Morgan fingerprint density at radius 1 is 1.00 bits per heavy atom. The van der Waals surface area contributed by atoms with Crippen molar-refractivity contribution in [3.05, 3.63) is 39.8 Å². The highest BCUT2D eigenvalue weighted by molar-refractivity contribution is 7.18. The molecule has 9 heteroatoms. The van der Waals surface area contributed by atoms with Crippen LogP contribution >= 0.6 is 11.3 Å². The molecule has 0 aliphatic heterocycles. The van der Waals surface area contributed by atoms with Crippen LogP contribution in [0.5, 0.6) is 11.5 Å². The van der Waals surface area contributed by atoms with Gasteiger partial charge in [0.2, 0.25) is 0 Å². The summed E-state index contributed by atoms with van der Waals surface area (Å²) in [5.41, 5.74) is 0.903. The first-order valence-corrected chi connectivity index (χ1v) is 9.61. The van der Waals surface area contributed by atoms with E-state index in [9.17, 15) is 14.4 Å². The summed E-state index contributed by atoms with van der Waals surface area (Å²) >= 11 is 1.02. The van der Waals surface area contributed by atoms with Crippen LogP contribution in [0.2, 0.25) is 0 Å². The first-order valence-electron chi connectivity index (χ1n) is 8.79. The SMILES string of the molecule is COC(=O)c1c(NC(=O)c2ccc(OC)c(OC)c2)sc(C(=O)NC(C)C)c1C. The predicted molar refractivity (Wildman–Crippen MR) is 110 cm³/mol. The molecule has 29 heavy (non-hydrogen) atoms. The summed E-state index contributed by atoms with van der Waals surface area (Å²) in [5, 5.41) is 5.73. The van der Waals surface area contributed by atoms with Crippen molar-refractivity contribution in [2.24, 2.45) is 0 Å². The maximum atomic E-state index is 12.8. The van der Waals surface area contributed by atoms with Crippen LogP contribution in [0.1, 0.15) is 49.8 Å². The largest absolute Gasteiger partial charge is 0.493 e. The van der Waals surface area contributed by atoms with Crippen molar-refractivity contribution in [3.63, 3.8) is 0 Å². The minimum absolute atomic E-state index is 0.0737. The quantitative estimate of drug-likeness (QED) is 0.667. The molecule has 0 spiro atoms. The lowest BCUT2D eigenvalue weighted by Gasteiger charge is -2.10. The molecule has 156 valence electrons. The molecule has 2 N–H and O–H groups in total. The molecule has 0 atom stereocenters. The number of methoxy groups -OCH3 is 3. The molecule has 8 nitrogen and oxygen atoms in total. The van der Waals surface area contributed by atoms with E-state index in [1.54, 1.807) is 19.1 Å². The molecule has 0 saturated heterocycles. The summed E-state index contributed by atoms with van der Waals surface area (Å²) in [4.78, 5) is 37.8. The molecule has 1 heterocycles. The first kappa shape index (κ1) is 22.2. The van der Waals surface area contributed by atoms with E-state index in [2.05, 4.69) is 10.6 Å². The summed E-state index contributed by atoms with van der Waals surface area (Å²) in [6, 6.07) is 4.63. The minimum Gasteiger partial charge on any atom is -0.493 e. The van der Waals surface area contributed by atoms with E-state index in [0.29, 0.717) is 27.5 Å². The summed E-state index contributed by atoms with van der Waals surface area (Å²) < 4.78 is 15.2.